The molecule has 9 heteroatoms. The fourth-order valence-corrected chi connectivity index (χ4v) is 3.80. The predicted octanol–water partition coefficient (Wildman–Crippen LogP) is 2.48. The van der Waals surface area contributed by atoms with Crippen molar-refractivity contribution in [3.05, 3.63) is 40.4 Å². The van der Waals surface area contributed by atoms with Gasteiger partial charge in [0.2, 0.25) is 0 Å². The van der Waals surface area contributed by atoms with Gasteiger partial charge in [-0.05, 0) is 18.4 Å². The summed E-state index contributed by atoms with van der Waals surface area (Å²) in [5.41, 5.74) is 0.847. The second-order valence-corrected chi connectivity index (χ2v) is 6.98. The molecule has 0 saturated carbocycles. The highest BCUT2D eigenvalue weighted by atomic mass is 127. The van der Waals surface area contributed by atoms with Crippen LogP contribution in [0.1, 0.15) is 23.5 Å². The van der Waals surface area contributed by atoms with Crippen molar-refractivity contribution in [2.45, 2.75) is 25.6 Å². The van der Waals surface area contributed by atoms with Crippen molar-refractivity contribution in [2.24, 2.45) is 4.99 Å². The van der Waals surface area contributed by atoms with E-state index < -0.39 is 0 Å². The smallest absolute Gasteiger partial charge is 0.191 e. The first-order valence-corrected chi connectivity index (χ1v) is 9.37. The molecule has 3 rings (SSSR count). The lowest BCUT2D eigenvalue weighted by Crippen LogP contribution is -2.47. The van der Waals surface area contributed by atoms with Crippen LogP contribution in [0.15, 0.2) is 39.4 Å². The van der Waals surface area contributed by atoms with Crippen molar-refractivity contribution in [1.29, 1.82) is 0 Å². The summed E-state index contributed by atoms with van der Waals surface area (Å²) >= 11 is 1.79. The monoisotopic (exact) mass is 491 g/mol. The minimum atomic E-state index is 0. The van der Waals surface area contributed by atoms with Gasteiger partial charge in [0.1, 0.15) is 12.0 Å². The topological polar surface area (TPSA) is 74.9 Å². The summed E-state index contributed by atoms with van der Waals surface area (Å²) in [6, 6.07) is 6.44. The Morgan fingerprint density at radius 1 is 1.46 bits per heavy atom. The van der Waals surface area contributed by atoms with Crippen LogP contribution in [0.3, 0.4) is 0 Å². The molecule has 1 aliphatic heterocycles. The Morgan fingerprint density at radius 2 is 2.35 bits per heavy atom. The first-order chi connectivity index (χ1) is 12.3. The van der Waals surface area contributed by atoms with E-state index >= 15 is 0 Å². The molecule has 0 aliphatic carbocycles. The zero-order chi connectivity index (χ0) is 17.5. The molecular weight excluding hydrogens is 465 g/mol. The van der Waals surface area contributed by atoms with Crippen molar-refractivity contribution in [1.82, 2.24) is 20.7 Å². The van der Waals surface area contributed by atoms with E-state index in [1.54, 1.807) is 24.6 Å². The maximum Gasteiger partial charge on any atom is 0.191 e. The minimum Gasteiger partial charge on any atom is -0.376 e. The van der Waals surface area contributed by atoms with Gasteiger partial charge in [-0.3, -0.25) is 9.89 Å². The van der Waals surface area contributed by atoms with Crippen molar-refractivity contribution >= 4 is 41.3 Å². The molecule has 0 radical (unpaired) electrons. The normalized spacial score (nSPS) is 19.6. The summed E-state index contributed by atoms with van der Waals surface area (Å²) < 4.78 is 10.5. The van der Waals surface area contributed by atoms with Crippen molar-refractivity contribution in [3.8, 4) is 0 Å². The number of nitrogens with zero attached hydrogens (tertiary/aromatic N) is 3. The summed E-state index contributed by atoms with van der Waals surface area (Å²) in [4.78, 5) is 8.14. The highest BCUT2D eigenvalue weighted by Gasteiger charge is 2.26. The van der Waals surface area contributed by atoms with Gasteiger partial charge >= 0.3 is 0 Å². The summed E-state index contributed by atoms with van der Waals surface area (Å²) in [7, 11) is 1.77. The van der Waals surface area contributed by atoms with E-state index in [4.69, 9.17) is 9.26 Å². The molecule has 0 spiro atoms. The van der Waals surface area contributed by atoms with Crippen LogP contribution in [0, 0.1) is 0 Å². The van der Waals surface area contributed by atoms with Crippen LogP contribution >= 0.6 is 35.3 Å². The Hall–Kier alpha value is -1.17. The molecule has 0 aromatic carbocycles. The number of aliphatic imine (C=N–C) groups is 1. The molecule has 1 aliphatic rings. The number of halogens is 1. The quantitative estimate of drug-likeness (QED) is 0.368. The molecule has 7 nitrogen and oxygen atoms in total. The van der Waals surface area contributed by atoms with Gasteiger partial charge in [-0.2, -0.15) is 0 Å². The van der Waals surface area contributed by atoms with E-state index in [2.05, 4.69) is 50.1 Å². The standard InChI is InChI=1S/C17H25N5O2S.HI/c1-13-12-22(6-8-23-13)15(16-4-3-9-25-16)11-20-17(18-2)19-10-14-5-7-24-21-14;/h3-5,7,9,13,15H,6,8,10-12H2,1-2H3,(H2,18,19,20);1H. The average molecular weight is 491 g/mol. The van der Waals surface area contributed by atoms with E-state index in [9.17, 15) is 0 Å². The number of guanidine groups is 1. The molecule has 1 fully saturated rings. The zero-order valence-electron chi connectivity index (χ0n) is 15.1. The Labute approximate surface area is 175 Å². The van der Waals surface area contributed by atoms with Crippen LogP contribution in [0.2, 0.25) is 0 Å². The van der Waals surface area contributed by atoms with Crippen molar-refractivity contribution in [2.75, 3.05) is 33.3 Å². The van der Waals surface area contributed by atoms with Crippen molar-refractivity contribution < 1.29 is 9.26 Å². The Bertz CT molecular complexity index is 650. The second-order valence-electron chi connectivity index (χ2n) is 6.01. The van der Waals surface area contributed by atoms with E-state index in [1.807, 2.05) is 6.07 Å². The fourth-order valence-electron chi connectivity index (χ4n) is 2.94. The average Bonchev–Trinajstić information content (AvgIpc) is 3.32. The summed E-state index contributed by atoms with van der Waals surface area (Å²) in [5, 5.41) is 12.7. The van der Waals surface area contributed by atoms with Crippen LogP contribution < -0.4 is 10.6 Å². The van der Waals surface area contributed by atoms with Crippen LogP contribution in [-0.4, -0.2) is 55.4 Å². The first-order valence-electron chi connectivity index (χ1n) is 8.49. The van der Waals surface area contributed by atoms with Crippen LogP contribution in [0.4, 0.5) is 0 Å². The number of rotatable bonds is 6. The molecular formula is C17H26IN5O2S. The molecule has 3 heterocycles. The second kappa shape index (κ2) is 10.9. The molecule has 2 aromatic heterocycles. The van der Waals surface area contributed by atoms with Crippen molar-refractivity contribution in [3.63, 3.8) is 0 Å². The summed E-state index contributed by atoms with van der Waals surface area (Å²) in [6.45, 7) is 6.15. The molecule has 2 N–H and O–H groups in total. The molecule has 0 bridgehead atoms. The van der Waals surface area contributed by atoms with Gasteiger partial charge in [0.25, 0.3) is 0 Å². The van der Waals surface area contributed by atoms with Gasteiger partial charge < -0.3 is 19.9 Å². The maximum atomic E-state index is 5.69. The third kappa shape index (κ3) is 5.93. The number of thiophene rings is 1. The van der Waals surface area contributed by atoms with Gasteiger partial charge in [-0.15, -0.1) is 35.3 Å². The number of hydrogen-bond donors (Lipinski definition) is 2. The largest absolute Gasteiger partial charge is 0.376 e. The molecule has 144 valence electrons. The molecule has 2 atom stereocenters. The van der Waals surface area contributed by atoms with Crippen LogP contribution in [-0.2, 0) is 11.3 Å². The van der Waals surface area contributed by atoms with E-state index in [-0.39, 0.29) is 30.1 Å². The Morgan fingerprint density at radius 3 is 3.00 bits per heavy atom. The molecule has 2 unspecified atom stereocenters. The van der Waals surface area contributed by atoms with E-state index in [0.717, 1.165) is 37.9 Å². The van der Waals surface area contributed by atoms with Crippen LogP contribution in [0.5, 0.6) is 0 Å². The van der Waals surface area contributed by atoms with Gasteiger partial charge in [-0.25, -0.2) is 0 Å². The SMILES string of the molecule is CN=C(NCc1ccon1)NCC(c1cccs1)N1CCOC(C)C1.I. The van der Waals surface area contributed by atoms with Crippen LogP contribution in [0.25, 0.3) is 0 Å². The number of aromatic nitrogens is 1. The molecule has 26 heavy (non-hydrogen) atoms. The number of nitrogens with one attached hydrogen (secondary N) is 2. The lowest BCUT2D eigenvalue weighted by molar-refractivity contribution is -0.0334. The van der Waals surface area contributed by atoms with Gasteiger partial charge in [-0.1, -0.05) is 11.2 Å². The molecule has 0 amide bonds. The highest BCUT2D eigenvalue weighted by Crippen LogP contribution is 2.26. The minimum absolute atomic E-state index is 0. The Balaban J connectivity index is 0.00000243. The molecule has 2 aromatic rings. The summed E-state index contributed by atoms with van der Waals surface area (Å²) in [5.74, 6) is 0.755. The lowest BCUT2D eigenvalue weighted by Gasteiger charge is -2.37. The lowest BCUT2D eigenvalue weighted by atomic mass is 10.1. The molecule has 1 saturated heterocycles. The zero-order valence-corrected chi connectivity index (χ0v) is 18.2. The highest BCUT2D eigenvalue weighted by molar-refractivity contribution is 14.0. The Kier molecular flexibility index (Phi) is 8.82. The van der Waals surface area contributed by atoms with Gasteiger partial charge in [0.05, 0.1) is 25.3 Å². The fraction of sp³-hybridized carbons (Fsp3) is 0.529. The van der Waals surface area contributed by atoms with E-state index in [1.165, 1.54) is 4.88 Å². The van der Waals surface area contributed by atoms with Gasteiger partial charge in [0, 0.05) is 37.6 Å². The third-order valence-electron chi connectivity index (χ3n) is 4.20. The number of ether oxygens (including phenoxy) is 1. The van der Waals surface area contributed by atoms with E-state index in [0.29, 0.717) is 12.6 Å². The maximum absolute atomic E-state index is 5.69. The number of hydrogen-bond acceptors (Lipinski definition) is 6. The first kappa shape index (κ1) is 21.1. The number of morpholine rings is 1. The predicted molar refractivity (Wildman–Crippen MR) is 114 cm³/mol. The summed E-state index contributed by atoms with van der Waals surface area (Å²) in [6.07, 6.45) is 1.83. The van der Waals surface area contributed by atoms with Gasteiger partial charge in [0.15, 0.2) is 5.96 Å². The third-order valence-corrected chi connectivity index (χ3v) is 5.17.